The van der Waals surface area contributed by atoms with Crippen LogP contribution in [-0.2, 0) is 47.2 Å². The van der Waals surface area contributed by atoms with E-state index in [1.807, 2.05) is 13.8 Å². The van der Waals surface area contributed by atoms with E-state index in [4.69, 9.17) is 17.8 Å². The first-order valence-corrected chi connectivity index (χ1v) is 23.0. The lowest BCUT2D eigenvalue weighted by molar-refractivity contribution is 0.00634. The predicted molar refractivity (Wildman–Crippen MR) is 178 cm³/mol. The molecule has 2 fully saturated rings. The van der Waals surface area contributed by atoms with Gasteiger partial charge >= 0.3 is 0 Å². The van der Waals surface area contributed by atoms with Gasteiger partial charge in [-0.05, 0) is 79.1 Å². The van der Waals surface area contributed by atoms with E-state index >= 15 is 0 Å². The van der Waals surface area contributed by atoms with Crippen LogP contribution in [0.2, 0.25) is 0 Å². The van der Waals surface area contributed by atoms with Crippen LogP contribution < -0.4 is 0 Å². The third-order valence-electron chi connectivity index (χ3n) is 9.40. The third kappa shape index (κ3) is 12.7. The maximum atomic E-state index is 13.3. The van der Waals surface area contributed by atoms with Crippen molar-refractivity contribution >= 4 is 35.8 Å². The Hall–Kier alpha value is 0.200. The minimum absolute atomic E-state index is 0.306. The molecule has 2 saturated carbocycles. The van der Waals surface area contributed by atoms with Crippen LogP contribution in [-0.4, -0.2) is 62.9 Å². The molecule has 0 bridgehead atoms. The SMILES string of the molecule is CCC(C)(OC(C)S(=O)(=O)OC1CCCCC1)[PH](=O)CCCCCC[PH](=O)C(C)(CC)OC(C)S(=O)(=O)OC1CCCCC1. The van der Waals surface area contributed by atoms with Gasteiger partial charge in [0.2, 0.25) is 0 Å². The second-order valence-corrected chi connectivity index (χ2v) is 21.5. The van der Waals surface area contributed by atoms with Crippen LogP contribution >= 0.6 is 15.6 Å². The second-order valence-electron chi connectivity index (χ2n) is 13.0. The van der Waals surface area contributed by atoms with E-state index in [0.717, 1.165) is 77.0 Å². The molecule has 0 amide bonds. The van der Waals surface area contributed by atoms with Crippen molar-refractivity contribution in [3.05, 3.63) is 0 Å². The maximum absolute atomic E-state index is 13.3. The number of hydrogen-bond donors (Lipinski definition) is 0. The molecule has 0 saturated heterocycles. The highest BCUT2D eigenvalue weighted by molar-refractivity contribution is 7.87. The quantitative estimate of drug-likeness (QED) is 0.0655. The molecule has 0 aromatic heterocycles. The van der Waals surface area contributed by atoms with Crippen molar-refractivity contribution in [1.82, 2.24) is 0 Å². The van der Waals surface area contributed by atoms with E-state index < -0.39 is 57.4 Å². The monoisotopic (exact) mass is 706 g/mol. The molecule has 6 unspecified atom stereocenters. The van der Waals surface area contributed by atoms with Crippen LogP contribution in [0.4, 0.5) is 0 Å². The molecule has 2 aliphatic rings. The summed E-state index contributed by atoms with van der Waals surface area (Å²) in [5.41, 5.74) is -2.40. The summed E-state index contributed by atoms with van der Waals surface area (Å²) in [6.45, 7) is 10.1. The van der Waals surface area contributed by atoms with Gasteiger partial charge in [-0.25, -0.2) is 0 Å². The number of rotatable bonds is 21. The molecule has 44 heavy (non-hydrogen) atoms. The highest BCUT2D eigenvalue weighted by Crippen LogP contribution is 2.46. The van der Waals surface area contributed by atoms with Gasteiger partial charge in [-0.1, -0.05) is 65.2 Å². The standard InChI is InChI=1S/C30H60O10P2S2/c1-7-29(5,37-25(3)43(33,34)39-27-19-13-11-14-20-27)41(31)23-17-9-10-18-24-42(32)30(6,8-2)38-26(4)44(35,36)40-28-21-15-12-16-22-28/h25-28,41-42H,7-24H2,1-6H3. The van der Waals surface area contributed by atoms with Crippen molar-refractivity contribution in [3.63, 3.8) is 0 Å². The molecule has 0 aromatic rings. The molecule has 2 aliphatic carbocycles. The van der Waals surface area contributed by atoms with Crippen molar-refractivity contribution in [2.75, 3.05) is 12.3 Å². The zero-order valence-electron chi connectivity index (χ0n) is 27.9. The number of ether oxygens (including phenoxy) is 2. The van der Waals surface area contributed by atoms with Crippen LogP contribution in [0.1, 0.15) is 144 Å². The van der Waals surface area contributed by atoms with Crippen molar-refractivity contribution < 1.29 is 43.8 Å². The van der Waals surface area contributed by atoms with Crippen LogP contribution in [0, 0.1) is 0 Å². The molecule has 0 N–H and O–H groups in total. The minimum atomic E-state index is -3.94. The molecule has 2 rings (SSSR count). The fraction of sp³-hybridized carbons (Fsp3) is 1.00. The molecule has 0 aromatic carbocycles. The van der Waals surface area contributed by atoms with E-state index in [1.54, 1.807) is 13.8 Å². The van der Waals surface area contributed by atoms with E-state index in [1.165, 1.54) is 13.8 Å². The number of hydrogen-bond acceptors (Lipinski definition) is 10. The molecule has 0 spiro atoms. The zero-order valence-corrected chi connectivity index (χ0v) is 31.6. The van der Waals surface area contributed by atoms with Crippen molar-refractivity contribution in [1.29, 1.82) is 0 Å². The van der Waals surface area contributed by atoms with E-state index in [9.17, 15) is 26.0 Å². The largest absolute Gasteiger partial charge is 0.346 e. The summed E-state index contributed by atoms with van der Waals surface area (Å²) in [5, 5.41) is -2.09. The average Bonchev–Trinajstić information content (AvgIpc) is 2.98. The second kappa shape index (κ2) is 18.7. The first-order valence-electron chi connectivity index (χ1n) is 16.8. The first kappa shape index (κ1) is 40.4. The summed E-state index contributed by atoms with van der Waals surface area (Å²) in [4.78, 5) is 0. The van der Waals surface area contributed by atoms with Gasteiger partial charge in [0.1, 0.15) is 26.3 Å². The van der Waals surface area contributed by atoms with Crippen LogP contribution in [0.15, 0.2) is 0 Å². The average molecular weight is 707 g/mol. The summed E-state index contributed by atoms with van der Waals surface area (Å²) in [6.07, 6.45) is 13.0. The molecule has 14 heteroatoms. The fourth-order valence-corrected chi connectivity index (χ4v) is 11.7. The Morgan fingerprint density at radius 2 is 0.932 bits per heavy atom. The Bertz CT molecular complexity index is 1030. The zero-order chi connectivity index (χ0) is 33.0. The van der Waals surface area contributed by atoms with Gasteiger partial charge < -0.3 is 18.6 Å². The molecule has 262 valence electrons. The lowest BCUT2D eigenvalue weighted by Gasteiger charge is -2.32. The molecular formula is C30H60O10P2S2. The van der Waals surface area contributed by atoms with Crippen molar-refractivity contribution in [3.8, 4) is 0 Å². The smallest absolute Gasteiger partial charge is 0.294 e. The summed E-state index contributed by atoms with van der Waals surface area (Å²) in [7, 11) is -12.4. The first-order chi connectivity index (χ1) is 20.6. The van der Waals surface area contributed by atoms with Gasteiger partial charge in [0.25, 0.3) is 20.2 Å². The van der Waals surface area contributed by atoms with Gasteiger partial charge in [-0.3, -0.25) is 8.37 Å². The third-order valence-corrected chi connectivity index (χ3v) is 17.2. The van der Waals surface area contributed by atoms with Crippen LogP contribution in [0.25, 0.3) is 0 Å². The lowest BCUT2D eigenvalue weighted by atomic mass is 9.98. The summed E-state index contributed by atoms with van der Waals surface area (Å²) in [6, 6.07) is 0. The molecular weight excluding hydrogens is 646 g/mol. The summed E-state index contributed by atoms with van der Waals surface area (Å²) >= 11 is 0. The lowest BCUT2D eigenvalue weighted by Crippen LogP contribution is -2.36. The van der Waals surface area contributed by atoms with Gasteiger partial charge in [-0.2, -0.15) is 16.8 Å². The Balaban J connectivity index is 1.77. The Labute approximate surface area is 269 Å². The van der Waals surface area contributed by atoms with Crippen LogP contribution in [0.3, 0.4) is 0 Å². The molecule has 6 atom stereocenters. The Kier molecular flexibility index (Phi) is 17.1. The maximum Gasteiger partial charge on any atom is 0.294 e. The van der Waals surface area contributed by atoms with Crippen LogP contribution in [0.5, 0.6) is 0 Å². The van der Waals surface area contributed by atoms with E-state index in [0.29, 0.717) is 38.0 Å². The number of unbranched alkanes of at least 4 members (excludes halogenated alkanes) is 3. The minimum Gasteiger partial charge on any atom is -0.346 e. The van der Waals surface area contributed by atoms with Gasteiger partial charge in [0.05, 0.1) is 12.2 Å². The van der Waals surface area contributed by atoms with E-state index in [2.05, 4.69) is 0 Å². The highest BCUT2D eigenvalue weighted by atomic mass is 32.2. The molecule has 0 heterocycles. The van der Waals surface area contributed by atoms with Gasteiger partial charge in [0, 0.05) is 12.3 Å². The van der Waals surface area contributed by atoms with Crippen molar-refractivity contribution in [2.24, 2.45) is 0 Å². The summed E-state index contributed by atoms with van der Waals surface area (Å²) in [5.74, 6) is 0. The fourth-order valence-electron chi connectivity index (χ4n) is 5.85. The molecule has 10 nitrogen and oxygen atoms in total. The topological polar surface area (TPSA) is 139 Å². The normalized spacial score (nSPS) is 23.3. The Morgan fingerprint density at radius 1 is 0.614 bits per heavy atom. The van der Waals surface area contributed by atoms with Gasteiger partial charge in [-0.15, -0.1) is 0 Å². The molecule has 0 aliphatic heterocycles. The van der Waals surface area contributed by atoms with Gasteiger partial charge in [0.15, 0.2) is 10.9 Å². The summed E-state index contributed by atoms with van der Waals surface area (Å²) < 4.78 is 100. The van der Waals surface area contributed by atoms with E-state index in [-0.39, 0.29) is 12.2 Å². The highest BCUT2D eigenvalue weighted by Gasteiger charge is 2.39. The Morgan fingerprint density at radius 3 is 1.23 bits per heavy atom. The predicted octanol–water partition coefficient (Wildman–Crippen LogP) is 8.00. The van der Waals surface area contributed by atoms with Crippen molar-refractivity contribution in [2.45, 2.75) is 178 Å². The molecule has 0 radical (unpaired) electrons.